The predicted octanol–water partition coefficient (Wildman–Crippen LogP) is 2.37. The Morgan fingerprint density at radius 1 is 1.50 bits per heavy atom. The smallest absolute Gasteiger partial charge is 0.0326 e. The second kappa shape index (κ2) is 4.46. The number of hydrogen-bond acceptors (Lipinski definition) is 1. The van der Waals surface area contributed by atoms with Gasteiger partial charge < -0.3 is 5.73 Å². The monoisotopic (exact) mass is 161 g/mol. The molecule has 0 rings (SSSR count). The van der Waals surface area contributed by atoms with Crippen molar-refractivity contribution in [2.75, 3.05) is 0 Å². The molecule has 12 heavy (non-hydrogen) atoms. The van der Waals surface area contributed by atoms with E-state index >= 15 is 0 Å². The van der Waals surface area contributed by atoms with Crippen LogP contribution in [0.15, 0.2) is 35.1 Å². The number of terminal acetylenes is 1. The van der Waals surface area contributed by atoms with E-state index in [9.17, 15) is 0 Å². The van der Waals surface area contributed by atoms with E-state index in [0.717, 1.165) is 16.7 Å². The van der Waals surface area contributed by atoms with Crippen molar-refractivity contribution in [2.45, 2.75) is 20.8 Å². The van der Waals surface area contributed by atoms with E-state index in [4.69, 9.17) is 12.2 Å². The minimum atomic E-state index is 0.529. The van der Waals surface area contributed by atoms with Gasteiger partial charge in [-0.25, -0.2) is 0 Å². The maximum atomic E-state index is 5.60. The topological polar surface area (TPSA) is 26.0 Å². The molecule has 0 radical (unpaired) electrons. The van der Waals surface area contributed by atoms with E-state index in [1.165, 1.54) is 0 Å². The molecule has 0 aromatic rings. The van der Waals surface area contributed by atoms with Crippen molar-refractivity contribution in [1.82, 2.24) is 0 Å². The molecule has 0 atom stereocenters. The Morgan fingerprint density at radius 2 is 2.00 bits per heavy atom. The SMILES string of the molecule is C#C/C(=C/C)C(C(=C)N)=C(C)C. The molecule has 0 aliphatic heterocycles. The van der Waals surface area contributed by atoms with Crippen molar-refractivity contribution in [3.05, 3.63) is 35.1 Å². The Bertz CT molecular complexity index is 281. The molecule has 2 N–H and O–H groups in total. The molecule has 0 aliphatic rings. The molecule has 1 nitrogen and oxygen atoms in total. The quantitative estimate of drug-likeness (QED) is 0.488. The molecule has 0 bridgehead atoms. The summed E-state index contributed by atoms with van der Waals surface area (Å²) in [5.74, 6) is 2.58. The van der Waals surface area contributed by atoms with Crippen LogP contribution in [0, 0.1) is 12.3 Å². The fourth-order valence-electron chi connectivity index (χ4n) is 1.06. The molecule has 0 aromatic heterocycles. The van der Waals surface area contributed by atoms with E-state index in [1.54, 1.807) is 0 Å². The summed E-state index contributed by atoms with van der Waals surface area (Å²) in [7, 11) is 0. The van der Waals surface area contributed by atoms with E-state index in [-0.39, 0.29) is 0 Å². The first-order valence-corrected chi connectivity index (χ1v) is 3.80. The van der Waals surface area contributed by atoms with Crippen molar-refractivity contribution in [1.29, 1.82) is 0 Å². The van der Waals surface area contributed by atoms with Gasteiger partial charge in [-0.15, -0.1) is 6.42 Å². The van der Waals surface area contributed by atoms with Gasteiger partial charge >= 0.3 is 0 Å². The highest BCUT2D eigenvalue weighted by Crippen LogP contribution is 2.18. The summed E-state index contributed by atoms with van der Waals surface area (Å²) in [5.41, 5.74) is 8.92. The fourth-order valence-corrected chi connectivity index (χ4v) is 1.06. The molecule has 0 fully saturated rings. The fraction of sp³-hybridized carbons (Fsp3) is 0.273. The van der Waals surface area contributed by atoms with Gasteiger partial charge in [0.25, 0.3) is 0 Å². The molecule has 0 aliphatic carbocycles. The summed E-state index contributed by atoms with van der Waals surface area (Å²) in [6.07, 6.45) is 7.17. The van der Waals surface area contributed by atoms with Gasteiger partial charge in [-0.1, -0.05) is 24.1 Å². The zero-order valence-electron chi connectivity index (χ0n) is 7.94. The second-order valence-electron chi connectivity index (χ2n) is 2.75. The Labute approximate surface area is 74.7 Å². The van der Waals surface area contributed by atoms with Crippen LogP contribution in [0.3, 0.4) is 0 Å². The van der Waals surface area contributed by atoms with Crippen LogP contribution in [0.5, 0.6) is 0 Å². The summed E-state index contributed by atoms with van der Waals surface area (Å²) in [6, 6.07) is 0. The minimum absolute atomic E-state index is 0.529. The normalized spacial score (nSPS) is 10.3. The van der Waals surface area contributed by atoms with E-state index in [0.29, 0.717) is 5.70 Å². The number of hydrogen-bond donors (Lipinski definition) is 1. The number of allylic oxidation sites excluding steroid dienone is 3. The summed E-state index contributed by atoms with van der Waals surface area (Å²) >= 11 is 0. The standard InChI is InChI=1S/C11H15N/c1-6-10(7-2)11(8(3)4)9(5)12/h1,7H,5,12H2,2-4H3/b10-7-. The van der Waals surface area contributed by atoms with Gasteiger partial charge in [0.15, 0.2) is 0 Å². The van der Waals surface area contributed by atoms with Gasteiger partial charge in [-0.2, -0.15) is 0 Å². The average Bonchev–Trinajstić information content (AvgIpc) is 1.98. The van der Waals surface area contributed by atoms with Crippen LogP contribution in [0.25, 0.3) is 0 Å². The lowest BCUT2D eigenvalue weighted by Crippen LogP contribution is -2.02. The Kier molecular flexibility index (Phi) is 3.93. The largest absolute Gasteiger partial charge is 0.399 e. The third kappa shape index (κ3) is 2.32. The van der Waals surface area contributed by atoms with Crippen molar-refractivity contribution in [3.8, 4) is 12.3 Å². The molecule has 0 amide bonds. The lowest BCUT2D eigenvalue weighted by molar-refractivity contribution is 1.24. The maximum Gasteiger partial charge on any atom is 0.0326 e. The molecule has 0 saturated heterocycles. The van der Waals surface area contributed by atoms with E-state index < -0.39 is 0 Å². The maximum absolute atomic E-state index is 5.60. The molecular formula is C11H15N. The van der Waals surface area contributed by atoms with Gasteiger partial charge in [0.1, 0.15) is 0 Å². The zero-order valence-corrected chi connectivity index (χ0v) is 7.94. The van der Waals surface area contributed by atoms with E-state index in [2.05, 4.69) is 12.5 Å². The lowest BCUT2D eigenvalue weighted by atomic mass is 10.00. The van der Waals surface area contributed by atoms with Crippen LogP contribution in [0.2, 0.25) is 0 Å². The van der Waals surface area contributed by atoms with Crippen molar-refractivity contribution in [3.63, 3.8) is 0 Å². The molecule has 0 spiro atoms. The minimum Gasteiger partial charge on any atom is -0.399 e. The van der Waals surface area contributed by atoms with Crippen molar-refractivity contribution < 1.29 is 0 Å². The number of nitrogens with two attached hydrogens (primary N) is 1. The van der Waals surface area contributed by atoms with Gasteiger partial charge in [0.2, 0.25) is 0 Å². The van der Waals surface area contributed by atoms with Crippen LogP contribution in [0.1, 0.15) is 20.8 Å². The summed E-state index contributed by atoms with van der Waals surface area (Å²) in [4.78, 5) is 0. The first-order valence-electron chi connectivity index (χ1n) is 3.80. The van der Waals surface area contributed by atoms with Crippen LogP contribution >= 0.6 is 0 Å². The van der Waals surface area contributed by atoms with Crippen LogP contribution in [-0.4, -0.2) is 0 Å². The second-order valence-corrected chi connectivity index (χ2v) is 2.75. The third-order valence-corrected chi connectivity index (χ3v) is 1.53. The zero-order chi connectivity index (χ0) is 9.72. The molecular weight excluding hydrogens is 146 g/mol. The van der Waals surface area contributed by atoms with Gasteiger partial charge in [-0.3, -0.25) is 0 Å². The van der Waals surface area contributed by atoms with Gasteiger partial charge in [-0.05, 0) is 20.8 Å². The highest BCUT2D eigenvalue weighted by molar-refractivity contribution is 5.54. The summed E-state index contributed by atoms with van der Waals surface area (Å²) < 4.78 is 0. The lowest BCUT2D eigenvalue weighted by Gasteiger charge is -2.08. The van der Waals surface area contributed by atoms with Gasteiger partial charge in [0.05, 0.1) is 0 Å². The summed E-state index contributed by atoms with van der Waals surface area (Å²) in [5, 5.41) is 0. The Morgan fingerprint density at radius 3 is 2.08 bits per heavy atom. The molecule has 0 saturated carbocycles. The van der Waals surface area contributed by atoms with Crippen LogP contribution < -0.4 is 5.73 Å². The van der Waals surface area contributed by atoms with Gasteiger partial charge in [0, 0.05) is 16.8 Å². The van der Waals surface area contributed by atoms with E-state index in [1.807, 2.05) is 26.8 Å². The van der Waals surface area contributed by atoms with Crippen molar-refractivity contribution in [2.24, 2.45) is 5.73 Å². The molecule has 0 aromatic carbocycles. The Balaban J connectivity index is 5.21. The molecule has 64 valence electrons. The van der Waals surface area contributed by atoms with Crippen molar-refractivity contribution >= 4 is 0 Å². The Hall–Kier alpha value is -1.42. The van der Waals surface area contributed by atoms with Crippen LogP contribution in [-0.2, 0) is 0 Å². The molecule has 0 heterocycles. The third-order valence-electron chi connectivity index (χ3n) is 1.53. The first kappa shape index (κ1) is 10.6. The highest BCUT2D eigenvalue weighted by Gasteiger charge is 2.04. The first-order chi connectivity index (χ1) is 5.54. The summed E-state index contributed by atoms with van der Waals surface area (Å²) in [6.45, 7) is 9.50. The number of rotatable bonds is 2. The average molecular weight is 161 g/mol. The molecule has 1 heteroatoms. The van der Waals surface area contributed by atoms with Crippen LogP contribution in [0.4, 0.5) is 0 Å². The highest BCUT2D eigenvalue weighted by atomic mass is 14.6. The predicted molar refractivity (Wildman–Crippen MR) is 54.3 cm³/mol. The molecule has 0 unspecified atom stereocenters.